The molecular formula is C19H23BrN2O3. The van der Waals surface area contributed by atoms with Crippen LogP contribution in [0.15, 0.2) is 33.2 Å². The van der Waals surface area contributed by atoms with Crippen molar-refractivity contribution >= 4 is 27.5 Å². The summed E-state index contributed by atoms with van der Waals surface area (Å²) in [5.41, 5.74) is 2.60. The highest BCUT2D eigenvalue weighted by molar-refractivity contribution is 9.10. The molecule has 0 unspecified atom stereocenters. The molecule has 0 bridgehead atoms. The first-order valence-corrected chi connectivity index (χ1v) is 9.30. The first kappa shape index (κ1) is 18.2. The van der Waals surface area contributed by atoms with Crippen LogP contribution in [0.2, 0.25) is 0 Å². The number of amides is 1. The third-order valence-corrected chi connectivity index (χ3v) is 5.40. The van der Waals surface area contributed by atoms with Crippen LogP contribution in [-0.2, 0) is 11.2 Å². The molecule has 0 saturated carbocycles. The molecule has 6 heteroatoms. The van der Waals surface area contributed by atoms with Crippen molar-refractivity contribution in [1.82, 2.24) is 4.90 Å². The number of carbonyl (C=O) groups excluding carboxylic acids is 1. The standard InChI is InChI=1S/C19H23BrN2O3/c1-13-17(18(20)14(2)25-13)19(23)21-16-5-3-15(4-6-16)7-8-22-9-11-24-12-10-22/h3-6H,7-12H2,1-2H3,(H,21,23). The highest BCUT2D eigenvalue weighted by Crippen LogP contribution is 2.28. The van der Waals surface area contributed by atoms with E-state index >= 15 is 0 Å². The molecule has 25 heavy (non-hydrogen) atoms. The van der Waals surface area contributed by atoms with Gasteiger partial charge in [-0.05, 0) is 53.9 Å². The first-order valence-electron chi connectivity index (χ1n) is 8.50. The third-order valence-electron chi connectivity index (χ3n) is 4.45. The van der Waals surface area contributed by atoms with Crippen LogP contribution < -0.4 is 5.32 Å². The minimum atomic E-state index is -0.165. The number of anilines is 1. The van der Waals surface area contributed by atoms with Gasteiger partial charge in [-0.2, -0.15) is 0 Å². The van der Waals surface area contributed by atoms with E-state index in [1.165, 1.54) is 5.56 Å². The molecular weight excluding hydrogens is 384 g/mol. The van der Waals surface area contributed by atoms with E-state index in [0.29, 0.717) is 21.6 Å². The summed E-state index contributed by atoms with van der Waals surface area (Å²) in [6, 6.07) is 8.03. The third kappa shape index (κ3) is 4.51. The Balaban J connectivity index is 1.57. The lowest BCUT2D eigenvalue weighted by Crippen LogP contribution is -2.37. The van der Waals surface area contributed by atoms with E-state index in [4.69, 9.17) is 9.15 Å². The van der Waals surface area contributed by atoms with Gasteiger partial charge in [-0.25, -0.2) is 0 Å². The summed E-state index contributed by atoms with van der Waals surface area (Å²) in [5.74, 6) is 1.16. The first-order chi connectivity index (χ1) is 12.0. The zero-order valence-electron chi connectivity index (χ0n) is 14.6. The highest BCUT2D eigenvalue weighted by atomic mass is 79.9. The van der Waals surface area contributed by atoms with Crippen LogP contribution >= 0.6 is 15.9 Å². The van der Waals surface area contributed by atoms with Crippen LogP contribution in [0, 0.1) is 13.8 Å². The fraction of sp³-hybridized carbons (Fsp3) is 0.421. The molecule has 1 aromatic heterocycles. The van der Waals surface area contributed by atoms with Gasteiger partial charge in [-0.1, -0.05) is 12.1 Å². The molecule has 0 atom stereocenters. The largest absolute Gasteiger partial charge is 0.465 e. The molecule has 1 aromatic carbocycles. The minimum Gasteiger partial charge on any atom is -0.465 e. The normalized spacial score (nSPS) is 15.3. The number of nitrogens with zero attached hydrogens (tertiary/aromatic N) is 1. The van der Waals surface area contributed by atoms with Crippen LogP contribution in [0.3, 0.4) is 0 Å². The lowest BCUT2D eigenvalue weighted by Gasteiger charge is -2.26. The second-order valence-corrected chi connectivity index (χ2v) is 7.05. The molecule has 1 N–H and O–H groups in total. The summed E-state index contributed by atoms with van der Waals surface area (Å²) in [6.07, 6.45) is 1.000. The minimum absolute atomic E-state index is 0.165. The van der Waals surface area contributed by atoms with Crippen molar-refractivity contribution in [2.45, 2.75) is 20.3 Å². The average molecular weight is 407 g/mol. The van der Waals surface area contributed by atoms with Crippen LogP contribution in [0.1, 0.15) is 27.4 Å². The van der Waals surface area contributed by atoms with Gasteiger partial charge in [0.2, 0.25) is 0 Å². The lowest BCUT2D eigenvalue weighted by atomic mass is 10.1. The van der Waals surface area contributed by atoms with Gasteiger partial charge < -0.3 is 14.5 Å². The molecule has 2 aromatic rings. The Bertz CT molecular complexity index is 734. The number of aryl methyl sites for hydroxylation is 2. The molecule has 1 fully saturated rings. The van der Waals surface area contributed by atoms with Gasteiger partial charge in [0.15, 0.2) is 0 Å². The van der Waals surface area contributed by atoms with Crippen LogP contribution in [0.5, 0.6) is 0 Å². The number of hydrogen-bond acceptors (Lipinski definition) is 4. The van der Waals surface area contributed by atoms with E-state index in [1.54, 1.807) is 6.92 Å². The zero-order chi connectivity index (χ0) is 17.8. The Morgan fingerprint density at radius 3 is 2.44 bits per heavy atom. The number of nitrogens with one attached hydrogen (secondary N) is 1. The number of carbonyl (C=O) groups is 1. The van der Waals surface area contributed by atoms with E-state index in [2.05, 4.69) is 38.3 Å². The molecule has 0 aliphatic carbocycles. The Hall–Kier alpha value is -1.63. The Morgan fingerprint density at radius 2 is 1.84 bits per heavy atom. The van der Waals surface area contributed by atoms with Gasteiger partial charge in [-0.15, -0.1) is 0 Å². The van der Waals surface area contributed by atoms with Crippen molar-refractivity contribution in [1.29, 1.82) is 0 Å². The number of ether oxygens (including phenoxy) is 1. The van der Waals surface area contributed by atoms with Gasteiger partial charge in [0, 0.05) is 25.3 Å². The molecule has 1 saturated heterocycles. The summed E-state index contributed by atoms with van der Waals surface area (Å²) in [5, 5.41) is 2.93. The smallest absolute Gasteiger partial charge is 0.260 e. The molecule has 2 heterocycles. The second kappa shape index (κ2) is 8.17. The van der Waals surface area contributed by atoms with Gasteiger partial charge in [-0.3, -0.25) is 9.69 Å². The number of furan rings is 1. The van der Waals surface area contributed by atoms with Crippen LogP contribution in [0.4, 0.5) is 5.69 Å². The molecule has 1 amide bonds. The van der Waals surface area contributed by atoms with Crippen LogP contribution in [-0.4, -0.2) is 43.7 Å². The van der Waals surface area contributed by atoms with Gasteiger partial charge >= 0.3 is 0 Å². The maximum absolute atomic E-state index is 12.5. The Kier molecular flexibility index (Phi) is 5.93. The van der Waals surface area contributed by atoms with Gasteiger partial charge in [0.05, 0.1) is 23.2 Å². The van der Waals surface area contributed by atoms with Crippen molar-refractivity contribution in [2.24, 2.45) is 0 Å². The van der Waals surface area contributed by atoms with E-state index in [1.807, 2.05) is 19.1 Å². The van der Waals surface area contributed by atoms with Crippen molar-refractivity contribution in [3.8, 4) is 0 Å². The lowest BCUT2D eigenvalue weighted by molar-refractivity contribution is 0.0384. The molecule has 3 rings (SSSR count). The summed E-state index contributed by atoms with van der Waals surface area (Å²) in [4.78, 5) is 14.9. The maximum Gasteiger partial charge on any atom is 0.260 e. The molecule has 0 radical (unpaired) electrons. The number of hydrogen-bond donors (Lipinski definition) is 1. The Morgan fingerprint density at radius 1 is 1.16 bits per heavy atom. The quantitative estimate of drug-likeness (QED) is 0.820. The van der Waals surface area contributed by atoms with E-state index < -0.39 is 0 Å². The monoisotopic (exact) mass is 406 g/mol. The number of rotatable bonds is 5. The van der Waals surface area contributed by atoms with Crippen molar-refractivity contribution in [2.75, 3.05) is 38.2 Å². The topological polar surface area (TPSA) is 54.7 Å². The van der Waals surface area contributed by atoms with Crippen molar-refractivity contribution in [3.63, 3.8) is 0 Å². The fourth-order valence-electron chi connectivity index (χ4n) is 2.98. The average Bonchev–Trinajstić information content (AvgIpc) is 2.87. The zero-order valence-corrected chi connectivity index (χ0v) is 16.2. The Labute approximate surface area is 156 Å². The summed E-state index contributed by atoms with van der Waals surface area (Å²) < 4.78 is 11.6. The summed E-state index contributed by atoms with van der Waals surface area (Å²) in [6.45, 7) is 8.33. The molecule has 0 spiro atoms. The van der Waals surface area contributed by atoms with E-state index in [-0.39, 0.29) is 5.91 Å². The number of benzene rings is 1. The molecule has 1 aliphatic rings. The molecule has 134 valence electrons. The number of morpholine rings is 1. The predicted octanol–water partition coefficient (Wildman–Crippen LogP) is 3.79. The van der Waals surface area contributed by atoms with Crippen molar-refractivity contribution in [3.05, 3.63) is 51.4 Å². The van der Waals surface area contributed by atoms with E-state index in [9.17, 15) is 4.79 Å². The van der Waals surface area contributed by atoms with Gasteiger partial charge in [0.1, 0.15) is 11.5 Å². The summed E-state index contributed by atoms with van der Waals surface area (Å²) >= 11 is 3.42. The summed E-state index contributed by atoms with van der Waals surface area (Å²) in [7, 11) is 0. The van der Waals surface area contributed by atoms with Gasteiger partial charge in [0.25, 0.3) is 5.91 Å². The maximum atomic E-state index is 12.5. The molecule has 5 nitrogen and oxygen atoms in total. The number of halogens is 1. The SMILES string of the molecule is Cc1oc(C)c(C(=O)Nc2ccc(CCN3CCOCC3)cc2)c1Br. The van der Waals surface area contributed by atoms with Crippen molar-refractivity contribution < 1.29 is 13.9 Å². The second-order valence-electron chi connectivity index (χ2n) is 6.26. The molecule has 1 aliphatic heterocycles. The predicted molar refractivity (Wildman–Crippen MR) is 101 cm³/mol. The van der Waals surface area contributed by atoms with E-state index in [0.717, 1.165) is 45.0 Å². The van der Waals surface area contributed by atoms with Crippen LogP contribution in [0.25, 0.3) is 0 Å². The highest BCUT2D eigenvalue weighted by Gasteiger charge is 2.19. The fourth-order valence-corrected chi connectivity index (χ4v) is 3.52.